The van der Waals surface area contributed by atoms with Crippen molar-refractivity contribution in [1.29, 1.82) is 0 Å². The molecule has 0 atom stereocenters. The highest BCUT2D eigenvalue weighted by molar-refractivity contribution is 7.97. The molecule has 0 aliphatic heterocycles. The first kappa shape index (κ1) is 9.19. The summed E-state index contributed by atoms with van der Waals surface area (Å²) >= 11 is 1.59. The molecule has 0 unspecified atom stereocenters. The molecule has 0 saturated carbocycles. The number of benzene rings is 1. The second-order valence-electron chi connectivity index (χ2n) is 2.38. The Kier molecular flexibility index (Phi) is 3.22. The molecular formula is C8H9FNOS+. The summed E-state index contributed by atoms with van der Waals surface area (Å²) in [6.07, 6.45) is 1.93. The first-order valence-corrected chi connectivity index (χ1v) is 4.82. The lowest BCUT2D eigenvalue weighted by Gasteiger charge is -1.96. The number of thioether (sulfide) groups is 1. The molecule has 0 saturated heterocycles. The van der Waals surface area contributed by atoms with Gasteiger partial charge in [0.25, 0.3) is 5.69 Å². The summed E-state index contributed by atoms with van der Waals surface area (Å²) in [6, 6.07) is 4.25. The van der Waals surface area contributed by atoms with E-state index < -0.39 is 0 Å². The van der Waals surface area contributed by atoms with E-state index in [1.165, 1.54) is 12.1 Å². The minimum absolute atomic E-state index is 0.277. The summed E-state index contributed by atoms with van der Waals surface area (Å²) in [5.41, 5.74) is 1.10. The minimum Gasteiger partial charge on any atom is -0.207 e. The number of nitrogens with one attached hydrogen (secondary N) is 1. The van der Waals surface area contributed by atoms with Gasteiger partial charge < -0.3 is 0 Å². The number of halogens is 1. The highest BCUT2D eigenvalue weighted by Crippen LogP contribution is 2.14. The largest absolute Gasteiger partial charge is 0.256 e. The Morgan fingerprint density at radius 2 is 2.25 bits per heavy atom. The van der Waals surface area contributed by atoms with Crippen LogP contribution in [0.1, 0.15) is 5.56 Å². The summed E-state index contributed by atoms with van der Waals surface area (Å²) in [7, 11) is 0. The van der Waals surface area contributed by atoms with Crippen LogP contribution in [-0.2, 0) is 5.75 Å². The van der Waals surface area contributed by atoms with Crippen molar-refractivity contribution in [2.24, 2.45) is 0 Å². The Bertz CT molecular complexity index is 290. The Morgan fingerprint density at radius 3 is 2.83 bits per heavy atom. The van der Waals surface area contributed by atoms with E-state index in [4.69, 9.17) is 0 Å². The van der Waals surface area contributed by atoms with E-state index in [1.807, 2.05) is 6.26 Å². The number of hydrogen-bond acceptors (Lipinski definition) is 2. The van der Waals surface area contributed by atoms with E-state index in [2.05, 4.69) is 0 Å². The van der Waals surface area contributed by atoms with E-state index in [0.717, 1.165) is 5.56 Å². The van der Waals surface area contributed by atoms with Crippen molar-refractivity contribution in [3.63, 3.8) is 0 Å². The lowest BCUT2D eigenvalue weighted by atomic mass is 10.2. The Hall–Kier alpha value is -0.900. The maximum Gasteiger partial charge on any atom is 0.256 e. The average Bonchev–Trinajstić information content (AvgIpc) is 2.04. The van der Waals surface area contributed by atoms with Crippen LogP contribution in [-0.4, -0.2) is 6.26 Å². The predicted octanol–water partition coefficient (Wildman–Crippen LogP) is 1.17. The lowest BCUT2D eigenvalue weighted by Crippen LogP contribution is -2.55. The monoisotopic (exact) mass is 186 g/mol. The fourth-order valence-electron chi connectivity index (χ4n) is 0.959. The van der Waals surface area contributed by atoms with Crippen LogP contribution >= 0.6 is 11.8 Å². The Morgan fingerprint density at radius 1 is 1.50 bits per heavy atom. The summed E-state index contributed by atoms with van der Waals surface area (Å²) in [5.74, 6) is 0.340. The zero-order valence-corrected chi connectivity index (χ0v) is 7.45. The third-order valence-electron chi connectivity index (χ3n) is 1.39. The molecule has 12 heavy (non-hydrogen) atoms. The molecule has 1 aromatic carbocycles. The molecule has 0 bridgehead atoms. The second-order valence-corrected chi connectivity index (χ2v) is 3.25. The molecule has 0 amide bonds. The van der Waals surface area contributed by atoms with Crippen LogP contribution in [0.3, 0.4) is 0 Å². The molecule has 4 heteroatoms. The van der Waals surface area contributed by atoms with Crippen molar-refractivity contribution in [3.05, 3.63) is 34.5 Å². The molecule has 0 spiro atoms. The van der Waals surface area contributed by atoms with Gasteiger partial charge in [-0.15, -0.1) is 0 Å². The van der Waals surface area contributed by atoms with Crippen LogP contribution in [0.5, 0.6) is 0 Å². The highest BCUT2D eigenvalue weighted by atomic mass is 32.2. The van der Waals surface area contributed by atoms with Gasteiger partial charge in [-0.05, 0) is 17.9 Å². The zero-order chi connectivity index (χ0) is 8.97. The second kappa shape index (κ2) is 4.21. The summed E-state index contributed by atoms with van der Waals surface area (Å²) in [6.45, 7) is 0. The van der Waals surface area contributed by atoms with Crippen LogP contribution < -0.4 is 5.18 Å². The summed E-state index contributed by atoms with van der Waals surface area (Å²) in [4.78, 5) is 10.2. The van der Waals surface area contributed by atoms with Gasteiger partial charge in [-0.2, -0.15) is 11.8 Å². The predicted molar refractivity (Wildman–Crippen MR) is 47.6 cm³/mol. The minimum atomic E-state index is -0.375. The molecule has 1 N–H and O–H groups in total. The van der Waals surface area contributed by atoms with Crippen molar-refractivity contribution in [3.8, 4) is 0 Å². The number of rotatable bonds is 3. The molecule has 2 nitrogen and oxygen atoms in total. The molecule has 0 aromatic heterocycles. The molecular weight excluding hydrogens is 177 g/mol. The van der Waals surface area contributed by atoms with Crippen molar-refractivity contribution >= 4 is 17.4 Å². The van der Waals surface area contributed by atoms with Gasteiger partial charge in [0.05, 0.1) is 0 Å². The van der Waals surface area contributed by atoms with Gasteiger partial charge >= 0.3 is 0 Å². The van der Waals surface area contributed by atoms with Crippen LogP contribution in [0.15, 0.2) is 18.2 Å². The van der Waals surface area contributed by atoms with Crippen LogP contribution in [0.4, 0.5) is 10.1 Å². The van der Waals surface area contributed by atoms with E-state index in [1.54, 1.807) is 23.0 Å². The quantitative estimate of drug-likeness (QED) is 0.768. The van der Waals surface area contributed by atoms with Gasteiger partial charge in [-0.25, -0.2) is 4.39 Å². The summed E-state index contributed by atoms with van der Waals surface area (Å²) in [5, 5.41) is 1.67. The molecule has 0 aliphatic carbocycles. The fourth-order valence-corrected chi connectivity index (χ4v) is 1.46. The average molecular weight is 186 g/mol. The molecule has 64 valence electrons. The SMILES string of the molecule is CSCc1cc(F)cc([NH+]=O)c1. The van der Waals surface area contributed by atoms with Gasteiger partial charge in [0.2, 0.25) is 0 Å². The van der Waals surface area contributed by atoms with Crippen LogP contribution in [0.25, 0.3) is 0 Å². The smallest absolute Gasteiger partial charge is 0.207 e. The number of hydrogen-bond donors (Lipinski definition) is 1. The van der Waals surface area contributed by atoms with E-state index >= 15 is 0 Å². The Balaban J connectivity index is 2.97. The fraction of sp³-hybridized carbons (Fsp3) is 0.250. The zero-order valence-electron chi connectivity index (χ0n) is 6.63. The first-order chi connectivity index (χ1) is 5.76. The molecule has 0 fully saturated rings. The normalized spacial score (nSPS) is 9.83. The first-order valence-electron chi connectivity index (χ1n) is 3.43. The van der Waals surface area contributed by atoms with Crippen molar-refractivity contribution < 1.29 is 9.57 Å². The molecule has 1 aromatic rings. The van der Waals surface area contributed by atoms with Crippen molar-refractivity contribution in [2.75, 3.05) is 6.26 Å². The van der Waals surface area contributed by atoms with Gasteiger partial charge in [-0.1, -0.05) is 0 Å². The lowest BCUT2D eigenvalue weighted by molar-refractivity contribution is -0.379. The highest BCUT2D eigenvalue weighted by Gasteiger charge is 2.04. The van der Waals surface area contributed by atoms with Crippen LogP contribution in [0.2, 0.25) is 0 Å². The third-order valence-corrected chi connectivity index (χ3v) is 2.01. The van der Waals surface area contributed by atoms with Crippen molar-refractivity contribution in [1.82, 2.24) is 0 Å². The molecule has 0 heterocycles. The van der Waals surface area contributed by atoms with E-state index in [-0.39, 0.29) is 11.5 Å². The third kappa shape index (κ3) is 2.30. The molecule has 0 aliphatic rings. The van der Waals surface area contributed by atoms with Gasteiger partial charge in [0.15, 0.2) is 0 Å². The maximum absolute atomic E-state index is 12.7. The number of nitroso groups, excluding NO2 is 1. The molecule has 0 radical (unpaired) electrons. The summed E-state index contributed by atoms with van der Waals surface area (Å²) < 4.78 is 12.7. The van der Waals surface area contributed by atoms with Gasteiger partial charge in [-0.3, -0.25) is 0 Å². The van der Waals surface area contributed by atoms with Crippen LogP contribution in [0, 0.1) is 10.7 Å². The Labute approximate surface area is 74.1 Å². The molecule has 1 rings (SSSR count). The standard InChI is InChI=1S/C8H8FNOS/c1-12-5-6-2-7(9)4-8(3-6)10-11/h2-4H,5H2,1H3/p+1. The maximum atomic E-state index is 12.7. The van der Waals surface area contributed by atoms with Gasteiger partial charge in [0.1, 0.15) is 5.82 Å². The van der Waals surface area contributed by atoms with E-state index in [9.17, 15) is 9.30 Å². The van der Waals surface area contributed by atoms with E-state index in [0.29, 0.717) is 5.75 Å². The topological polar surface area (TPSA) is 31.0 Å². The van der Waals surface area contributed by atoms with Crippen molar-refractivity contribution in [2.45, 2.75) is 5.75 Å². The van der Waals surface area contributed by atoms with Gasteiger partial charge in [0, 0.05) is 28.0 Å².